The number of nitrogens with zero attached hydrogens (tertiary/aromatic N) is 2. The van der Waals surface area contributed by atoms with Crippen LogP contribution in [0.4, 0.5) is 5.69 Å². The van der Waals surface area contributed by atoms with Gasteiger partial charge in [-0.2, -0.15) is 0 Å². The summed E-state index contributed by atoms with van der Waals surface area (Å²) in [6, 6.07) is 13.1. The minimum Gasteiger partial charge on any atom is -0.478 e. The van der Waals surface area contributed by atoms with Crippen molar-refractivity contribution >= 4 is 28.9 Å². The summed E-state index contributed by atoms with van der Waals surface area (Å²) >= 11 is 1.51. The zero-order valence-corrected chi connectivity index (χ0v) is 18.7. The summed E-state index contributed by atoms with van der Waals surface area (Å²) < 4.78 is 5.40. The summed E-state index contributed by atoms with van der Waals surface area (Å²) in [5.41, 5.74) is 4.41. The third-order valence-corrected chi connectivity index (χ3v) is 6.30. The van der Waals surface area contributed by atoms with Crippen LogP contribution in [0.2, 0.25) is 0 Å². The molecule has 2 N–H and O–H groups in total. The first-order chi connectivity index (χ1) is 15.5. The van der Waals surface area contributed by atoms with Crippen LogP contribution in [0.25, 0.3) is 10.6 Å². The number of aromatic nitrogens is 1. The molecule has 0 radical (unpaired) electrons. The predicted octanol–water partition coefficient (Wildman–Crippen LogP) is 3.83. The van der Waals surface area contributed by atoms with E-state index in [-0.39, 0.29) is 17.9 Å². The Kier molecular flexibility index (Phi) is 6.94. The van der Waals surface area contributed by atoms with Gasteiger partial charge in [0, 0.05) is 36.3 Å². The van der Waals surface area contributed by atoms with E-state index in [2.05, 4.69) is 39.5 Å². The molecule has 0 aliphatic carbocycles. The van der Waals surface area contributed by atoms with Gasteiger partial charge in [0.05, 0.1) is 30.9 Å². The summed E-state index contributed by atoms with van der Waals surface area (Å²) in [6.07, 6.45) is 0.127. The predicted molar refractivity (Wildman–Crippen MR) is 124 cm³/mol. The molecule has 0 unspecified atom stereocenters. The topological polar surface area (TPSA) is 91.8 Å². The number of aryl methyl sites for hydroxylation is 1. The molecule has 2 heterocycles. The highest BCUT2D eigenvalue weighted by Crippen LogP contribution is 2.25. The van der Waals surface area contributed by atoms with Gasteiger partial charge in [0.25, 0.3) is 0 Å². The van der Waals surface area contributed by atoms with Gasteiger partial charge in [-0.25, -0.2) is 9.78 Å². The van der Waals surface area contributed by atoms with Crippen molar-refractivity contribution in [3.63, 3.8) is 0 Å². The third kappa shape index (κ3) is 5.59. The molecule has 0 saturated carbocycles. The minimum absolute atomic E-state index is 0.127. The van der Waals surface area contributed by atoms with E-state index in [9.17, 15) is 9.59 Å². The molecule has 3 aromatic rings. The maximum atomic E-state index is 12.5. The molecule has 4 rings (SSSR count). The number of aromatic carboxylic acids is 1. The molecular weight excluding hydrogens is 426 g/mol. The smallest absolute Gasteiger partial charge is 0.335 e. The summed E-state index contributed by atoms with van der Waals surface area (Å²) in [5.74, 6) is -1.26. The number of amides is 1. The van der Waals surface area contributed by atoms with Gasteiger partial charge < -0.3 is 15.2 Å². The molecule has 1 amide bonds. The van der Waals surface area contributed by atoms with E-state index in [0.29, 0.717) is 11.4 Å². The quantitative estimate of drug-likeness (QED) is 0.567. The van der Waals surface area contributed by atoms with Crippen molar-refractivity contribution in [1.29, 1.82) is 0 Å². The van der Waals surface area contributed by atoms with Gasteiger partial charge in [0.2, 0.25) is 5.91 Å². The fraction of sp³-hybridized carbons (Fsp3) is 0.292. The zero-order valence-electron chi connectivity index (χ0n) is 17.8. The Bertz CT molecular complexity index is 1100. The molecular formula is C24H25N3O4S. The molecule has 166 valence electrons. The maximum Gasteiger partial charge on any atom is 0.335 e. The molecule has 8 heteroatoms. The lowest BCUT2D eigenvalue weighted by molar-refractivity contribution is -0.115. The van der Waals surface area contributed by atoms with Crippen molar-refractivity contribution in [2.24, 2.45) is 0 Å². The van der Waals surface area contributed by atoms with Crippen molar-refractivity contribution in [2.45, 2.75) is 19.9 Å². The molecule has 0 atom stereocenters. The molecule has 1 aromatic heterocycles. The van der Waals surface area contributed by atoms with Crippen molar-refractivity contribution < 1.29 is 19.4 Å². The number of carboxylic acids is 1. The van der Waals surface area contributed by atoms with E-state index in [1.165, 1.54) is 29.0 Å². The van der Waals surface area contributed by atoms with Crippen molar-refractivity contribution in [3.05, 3.63) is 70.2 Å². The van der Waals surface area contributed by atoms with Gasteiger partial charge >= 0.3 is 5.97 Å². The van der Waals surface area contributed by atoms with Crippen LogP contribution in [0.15, 0.2) is 47.8 Å². The lowest BCUT2D eigenvalue weighted by Gasteiger charge is -2.26. The van der Waals surface area contributed by atoms with Gasteiger partial charge in [-0.3, -0.25) is 9.69 Å². The first-order valence-electron chi connectivity index (χ1n) is 10.5. The highest BCUT2D eigenvalue weighted by Gasteiger charge is 2.13. The van der Waals surface area contributed by atoms with Crippen LogP contribution < -0.4 is 5.32 Å². The summed E-state index contributed by atoms with van der Waals surface area (Å²) in [6.45, 7) is 6.23. The SMILES string of the molecule is Cc1ccc(C(=O)O)cc1NC(=O)Cc1csc(-c2ccc(CN3CCOCC3)cc2)n1. The molecule has 2 aromatic carbocycles. The molecule has 32 heavy (non-hydrogen) atoms. The van der Waals surface area contributed by atoms with Gasteiger partial charge in [0.15, 0.2) is 0 Å². The highest BCUT2D eigenvalue weighted by molar-refractivity contribution is 7.13. The number of carbonyl (C=O) groups is 2. The number of carbonyl (C=O) groups excluding carboxylic acids is 1. The van der Waals surface area contributed by atoms with Gasteiger partial charge in [0.1, 0.15) is 5.01 Å². The first-order valence-corrected chi connectivity index (χ1v) is 11.3. The third-order valence-electron chi connectivity index (χ3n) is 5.36. The molecule has 1 aliphatic rings. The van der Waals surface area contributed by atoms with Crippen LogP contribution in [-0.2, 0) is 22.5 Å². The number of rotatable bonds is 7. The van der Waals surface area contributed by atoms with Crippen LogP contribution >= 0.6 is 11.3 Å². The second kappa shape index (κ2) is 10.0. The number of anilines is 1. The summed E-state index contributed by atoms with van der Waals surface area (Å²) in [5, 5.41) is 14.7. The van der Waals surface area contributed by atoms with Crippen LogP contribution in [0, 0.1) is 6.92 Å². The van der Waals surface area contributed by atoms with Crippen LogP contribution in [0.5, 0.6) is 0 Å². The van der Waals surface area contributed by atoms with Crippen LogP contribution in [0.1, 0.15) is 27.2 Å². The van der Waals surface area contributed by atoms with Gasteiger partial charge in [-0.1, -0.05) is 30.3 Å². The number of morpholine rings is 1. The Hall–Kier alpha value is -3.07. The average Bonchev–Trinajstić information content (AvgIpc) is 3.24. The Labute approximate surface area is 190 Å². The zero-order chi connectivity index (χ0) is 22.5. The number of nitrogens with one attached hydrogen (secondary N) is 1. The number of thiazole rings is 1. The minimum atomic E-state index is -1.03. The largest absolute Gasteiger partial charge is 0.478 e. The number of hydrogen-bond acceptors (Lipinski definition) is 6. The normalized spacial score (nSPS) is 14.3. The van der Waals surface area contributed by atoms with E-state index in [4.69, 9.17) is 9.84 Å². The van der Waals surface area contributed by atoms with Gasteiger partial charge in [-0.15, -0.1) is 11.3 Å². The monoisotopic (exact) mass is 451 g/mol. The van der Waals surface area contributed by atoms with Crippen molar-refractivity contribution in [3.8, 4) is 10.6 Å². The maximum absolute atomic E-state index is 12.5. The van der Waals surface area contributed by atoms with E-state index < -0.39 is 5.97 Å². The summed E-state index contributed by atoms with van der Waals surface area (Å²) in [7, 11) is 0. The Morgan fingerprint density at radius 3 is 2.62 bits per heavy atom. The molecule has 1 aliphatic heterocycles. The second-order valence-electron chi connectivity index (χ2n) is 7.79. The Balaban J connectivity index is 1.37. The molecule has 0 bridgehead atoms. The number of carboxylic acid groups (broad SMARTS) is 1. The van der Waals surface area contributed by atoms with E-state index >= 15 is 0 Å². The Morgan fingerprint density at radius 2 is 1.91 bits per heavy atom. The molecule has 0 spiro atoms. The standard InChI is InChI=1S/C24H25N3O4S/c1-16-2-5-19(24(29)30)12-21(16)26-22(28)13-20-15-32-23(25-20)18-6-3-17(4-7-18)14-27-8-10-31-11-9-27/h2-7,12,15H,8-11,13-14H2,1H3,(H,26,28)(H,29,30). The lowest BCUT2D eigenvalue weighted by atomic mass is 10.1. The molecule has 1 saturated heterocycles. The van der Waals surface area contributed by atoms with Crippen LogP contribution in [0.3, 0.4) is 0 Å². The fourth-order valence-corrected chi connectivity index (χ4v) is 4.37. The average molecular weight is 452 g/mol. The van der Waals surface area contributed by atoms with E-state index in [1.807, 2.05) is 12.3 Å². The van der Waals surface area contributed by atoms with Crippen molar-refractivity contribution in [2.75, 3.05) is 31.6 Å². The molecule has 1 fully saturated rings. The summed E-state index contributed by atoms with van der Waals surface area (Å²) in [4.78, 5) is 30.7. The van der Waals surface area contributed by atoms with E-state index in [1.54, 1.807) is 6.07 Å². The van der Waals surface area contributed by atoms with Gasteiger partial charge in [-0.05, 0) is 30.2 Å². The number of benzene rings is 2. The molecule has 7 nitrogen and oxygen atoms in total. The number of hydrogen-bond donors (Lipinski definition) is 2. The first kappa shape index (κ1) is 22.1. The fourth-order valence-electron chi connectivity index (χ4n) is 3.54. The lowest BCUT2D eigenvalue weighted by Crippen LogP contribution is -2.35. The Morgan fingerprint density at radius 1 is 1.16 bits per heavy atom. The van der Waals surface area contributed by atoms with Crippen molar-refractivity contribution in [1.82, 2.24) is 9.88 Å². The number of ether oxygens (including phenoxy) is 1. The van der Waals surface area contributed by atoms with Crippen LogP contribution in [-0.4, -0.2) is 53.2 Å². The highest BCUT2D eigenvalue weighted by atomic mass is 32.1. The second-order valence-corrected chi connectivity index (χ2v) is 8.65. The van der Waals surface area contributed by atoms with E-state index in [0.717, 1.165) is 49.0 Å².